The minimum Gasteiger partial charge on any atom is -0.439 e. The number of non-ortho nitro benzene ring substituents is 1. The van der Waals surface area contributed by atoms with Gasteiger partial charge in [-0.05, 0) is 42.0 Å². The number of benzene rings is 3. The van der Waals surface area contributed by atoms with Crippen molar-refractivity contribution >= 4 is 40.0 Å². The van der Waals surface area contributed by atoms with E-state index in [9.17, 15) is 19.7 Å². The molecule has 1 aromatic heterocycles. The van der Waals surface area contributed by atoms with E-state index < -0.39 is 10.8 Å². The van der Waals surface area contributed by atoms with Crippen molar-refractivity contribution in [2.24, 2.45) is 0 Å². The van der Waals surface area contributed by atoms with Crippen LogP contribution < -0.4 is 10.7 Å². The third-order valence-electron chi connectivity index (χ3n) is 4.48. The first-order valence-corrected chi connectivity index (χ1v) is 9.19. The number of carbonyl (C=O) groups excluding carboxylic acids is 1. The number of hydrogen-bond acceptors (Lipinski definition) is 5. The summed E-state index contributed by atoms with van der Waals surface area (Å²) in [5, 5.41) is 14.2. The first-order valence-electron chi connectivity index (χ1n) is 8.81. The molecular weight excluding hydrogens is 408 g/mol. The van der Waals surface area contributed by atoms with Crippen LogP contribution in [0.1, 0.15) is 10.4 Å². The summed E-state index contributed by atoms with van der Waals surface area (Å²) in [4.78, 5) is 36.1. The highest BCUT2D eigenvalue weighted by Gasteiger charge is 2.19. The number of amides is 1. The van der Waals surface area contributed by atoms with Crippen molar-refractivity contribution in [3.05, 3.63) is 104 Å². The van der Waals surface area contributed by atoms with Gasteiger partial charge in [-0.2, -0.15) is 0 Å². The van der Waals surface area contributed by atoms with Crippen LogP contribution in [-0.4, -0.2) is 10.8 Å². The molecule has 30 heavy (non-hydrogen) atoms. The maximum Gasteiger partial charge on any atom is 0.269 e. The lowest BCUT2D eigenvalue weighted by Crippen LogP contribution is -2.16. The van der Waals surface area contributed by atoms with E-state index in [1.165, 1.54) is 24.3 Å². The highest BCUT2D eigenvalue weighted by molar-refractivity contribution is 6.30. The zero-order valence-electron chi connectivity index (χ0n) is 15.3. The summed E-state index contributed by atoms with van der Waals surface area (Å²) < 4.78 is 5.84. The van der Waals surface area contributed by atoms with Gasteiger partial charge < -0.3 is 4.42 Å². The lowest BCUT2D eigenvalue weighted by Gasteiger charge is -2.11. The van der Waals surface area contributed by atoms with Crippen molar-refractivity contribution in [3.8, 4) is 11.1 Å². The van der Waals surface area contributed by atoms with Crippen molar-refractivity contribution in [2.45, 2.75) is 0 Å². The fourth-order valence-corrected chi connectivity index (χ4v) is 3.24. The number of carbonyl (C=O) groups is 1. The van der Waals surface area contributed by atoms with E-state index in [1.807, 2.05) is 0 Å². The summed E-state index contributed by atoms with van der Waals surface area (Å²) in [5.41, 5.74) is 0.676. The van der Waals surface area contributed by atoms with Gasteiger partial charge in [0.25, 0.3) is 11.6 Å². The molecule has 1 amide bonds. The Morgan fingerprint density at radius 1 is 1.00 bits per heavy atom. The second-order valence-corrected chi connectivity index (χ2v) is 6.84. The third kappa shape index (κ3) is 3.66. The molecule has 4 aromatic rings. The van der Waals surface area contributed by atoms with E-state index in [2.05, 4.69) is 5.32 Å². The molecule has 0 unspecified atom stereocenters. The van der Waals surface area contributed by atoms with Crippen LogP contribution in [0.2, 0.25) is 5.02 Å². The van der Waals surface area contributed by atoms with Crippen LogP contribution in [0.4, 0.5) is 11.6 Å². The molecule has 4 rings (SSSR count). The lowest BCUT2D eigenvalue weighted by atomic mass is 10.0. The molecule has 0 radical (unpaired) electrons. The highest BCUT2D eigenvalue weighted by atomic mass is 35.5. The molecular formula is C22H13ClN2O5. The summed E-state index contributed by atoms with van der Waals surface area (Å²) in [6, 6.07) is 18.4. The van der Waals surface area contributed by atoms with Gasteiger partial charge in [0.05, 0.1) is 15.9 Å². The number of nitro benzene ring substituents is 1. The average Bonchev–Trinajstić information content (AvgIpc) is 2.74. The van der Waals surface area contributed by atoms with Gasteiger partial charge in [-0.25, -0.2) is 0 Å². The number of fused-ring (bicyclic) bond motifs is 1. The maximum absolute atomic E-state index is 13.2. The molecule has 7 nitrogen and oxygen atoms in total. The van der Waals surface area contributed by atoms with Crippen LogP contribution in [0.25, 0.3) is 22.1 Å². The van der Waals surface area contributed by atoms with E-state index in [1.54, 1.807) is 48.5 Å². The number of rotatable bonds is 4. The molecule has 0 aliphatic carbocycles. The Balaban J connectivity index is 1.83. The van der Waals surface area contributed by atoms with Crippen LogP contribution in [-0.2, 0) is 0 Å². The Morgan fingerprint density at radius 2 is 1.73 bits per heavy atom. The van der Waals surface area contributed by atoms with Gasteiger partial charge in [-0.1, -0.05) is 35.9 Å². The predicted molar refractivity (Wildman–Crippen MR) is 114 cm³/mol. The van der Waals surface area contributed by atoms with Gasteiger partial charge in [-0.3, -0.25) is 25.0 Å². The topological polar surface area (TPSA) is 102 Å². The van der Waals surface area contributed by atoms with Gasteiger partial charge in [0.15, 0.2) is 0 Å². The molecule has 148 valence electrons. The number of nitro groups is 1. The number of nitrogens with one attached hydrogen (secondary N) is 1. The average molecular weight is 421 g/mol. The van der Waals surface area contributed by atoms with E-state index >= 15 is 0 Å². The molecule has 0 spiro atoms. The van der Waals surface area contributed by atoms with Crippen molar-refractivity contribution in [1.82, 2.24) is 0 Å². The summed E-state index contributed by atoms with van der Waals surface area (Å²) in [6.07, 6.45) is 0. The van der Waals surface area contributed by atoms with Gasteiger partial charge in [-0.15, -0.1) is 0 Å². The van der Waals surface area contributed by atoms with Crippen LogP contribution in [0, 0.1) is 10.1 Å². The smallest absolute Gasteiger partial charge is 0.269 e. The Morgan fingerprint density at radius 3 is 2.43 bits per heavy atom. The minimum absolute atomic E-state index is 0.0377. The van der Waals surface area contributed by atoms with Crippen molar-refractivity contribution in [2.75, 3.05) is 5.32 Å². The first-order chi connectivity index (χ1) is 14.4. The second-order valence-electron chi connectivity index (χ2n) is 6.40. The van der Waals surface area contributed by atoms with E-state index in [0.717, 1.165) is 0 Å². The number of nitrogens with zero attached hydrogens (tertiary/aromatic N) is 1. The van der Waals surface area contributed by atoms with Gasteiger partial charge >= 0.3 is 0 Å². The van der Waals surface area contributed by atoms with E-state index in [4.69, 9.17) is 16.0 Å². The summed E-state index contributed by atoms with van der Waals surface area (Å²) in [7, 11) is 0. The molecule has 8 heteroatoms. The minimum atomic E-state index is -0.577. The third-order valence-corrected chi connectivity index (χ3v) is 4.71. The van der Waals surface area contributed by atoms with Crippen LogP contribution in [0.3, 0.4) is 0 Å². The zero-order chi connectivity index (χ0) is 21.3. The fraction of sp³-hybridized carbons (Fsp3) is 0. The van der Waals surface area contributed by atoms with E-state index in [0.29, 0.717) is 21.6 Å². The summed E-state index contributed by atoms with van der Waals surface area (Å²) in [5.74, 6) is -0.615. The molecule has 0 saturated carbocycles. The number of halogens is 1. The molecule has 0 bridgehead atoms. The van der Waals surface area contributed by atoms with Gasteiger partial charge in [0.1, 0.15) is 5.58 Å². The highest BCUT2D eigenvalue weighted by Crippen LogP contribution is 2.30. The van der Waals surface area contributed by atoms with Gasteiger partial charge in [0.2, 0.25) is 11.3 Å². The first kappa shape index (κ1) is 19.4. The zero-order valence-corrected chi connectivity index (χ0v) is 16.1. The van der Waals surface area contributed by atoms with Crippen LogP contribution in [0.5, 0.6) is 0 Å². The number of anilines is 1. The largest absolute Gasteiger partial charge is 0.439 e. The Hall–Kier alpha value is -3.97. The Kier molecular flexibility index (Phi) is 5.04. The number of hydrogen-bond donors (Lipinski definition) is 1. The van der Waals surface area contributed by atoms with Gasteiger partial charge in [0, 0.05) is 22.7 Å². The Labute approximate surface area is 174 Å². The standard InChI is InChI=1S/C22H13ClN2O5/c23-15-5-3-4-14(12-15)19-20(26)17-6-1-2-7-18(17)30-22(19)24-21(27)13-8-10-16(11-9-13)25(28)29/h1-12H,(H,24,27). The maximum atomic E-state index is 13.2. The quantitative estimate of drug-likeness (QED) is 0.357. The van der Waals surface area contributed by atoms with Crippen molar-refractivity contribution in [3.63, 3.8) is 0 Å². The lowest BCUT2D eigenvalue weighted by molar-refractivity contribution is -0.384. The number of para-hydroxylation sites is 1. The molecule has 0 aliphatic heterocycles. The summed E-state index contributed by atoms with van der Waals surface area (Å²) in [6.45, 7) is 0. The van der Waals surface area contributed by atoms with Crippen molar-refractivity contribution in [1.29, 1.82) is 0 Å². The van der Waals surface area contributed by atoms with Crippen LogP contribution in [0.15, 0.2) is 82.0 Å². The molecule has 1 N–H and O–H groups in total. The van der Waals surface area contributed by atoms with Crippen molar-refractivity contribution < 1.29 is 14.1 Å². The second kappa shape index (κ2) is 7.81. The van der Waals surface area contributed by atoms with E-state index in [-0.39, 0.29) is 28.1 Å². The molecule has 0 atom stereocenters. The molecule has 3 aromatic carbocycles. The molecule has 0 aliphatic rings. The predicted octanol–water partition coefficient (Wildman–Crippen LogP) is 5.27. The molecule has 0 saturated heterocycles. The molecule has 0 fully saturated rings. The monoisotopic (exact) mass is 420 g/mol. The SMILES string of the molecule is O=C(Nc1oc2ccccc2c(=O)c1-c1cccc(Cl)c1)c1ccc([N+](=O)[O-])cc1. The molecule has 1 heterocycles. The Bertz CT molecular complexity index is 1350. The summed E-state index contributed by atoms with van der Waals surface area (Å²) >= 11 is 6.08. The van der Waals surface area contributed by atoms with Crippen LogP contribution >= 0.6 is 11.6 Å². The normalized spacial score (nSPS) is 10.7. The fourth-order valence-electron chi connectivity index (χ4n) is 3.05.